The van der Waals surface area contributed by atoms with Crippen molar-refractivity contribution in [2.75, 3.05) is 6.54 Å². The average molecular weight is 542 g/mol. The van der Waals surface area contributed by atoms with E-state index < -0.39 is 59.3 Å². The number of nitrogens with zero attached hydrogens (tertiary/aromatic N) is 1. The monoisotopic (exact) mass is 541 g/mol. The van der Waals surface area contributed by atoms with E-state index >= 15 is 0 Å². The van der Waals surface area contributed by atoms with Gasteiger partial charge in [0.1, 0.15) is 18.1 Å². The highest BCUT2D eigenvalue weighted by Gasteiger charge is 2.70. The molecule has 5 N–H and O–H groups in total. The van der Waals surface area contributed by atoms with Gasteiger partial charge in [-0.25, -0.2) is 0 Å². The van der Waals surface area contributed by atoms with Gasteiger partial charge in [-0.1, -0.05) is 20.8 Å². The summed E-state index contributed by atoms with van der Waals surface area (Å²) in [7, 11) is 0. The third-order valence-corrected chi connectivity index (χ3v) is 9.71. The molecule has 210 valence electrons. The number of nitrogens with two attached hydrogens (primary N) is 1. The topological polar surface area (TPSA) is 151 Å². The van der Waals surface area contributed by atoms with Gasteiger partial charge in [0, 0.05) is 18.0 Å². The number of hydrogen-bond acceptors (Lipinski definition) is 5. The molecule has 38 heavy (non-hydrogen) atoms. The van der Waals surface area contributed by atoms with Gasteiger partial charge in [0.25, 0.3) is 0 Å². The summed E-state index contributed by atoms with van der Waals surface area (Å²) in [6.07, 6.45) is -1.93. The fourth-order valence-corrected chi connectivity index (χ4v) is 6.65. The quantitative estimate of drug-likeness (QED) is 0.350. The fourth-order valence-electron chi connectivity index (χ4n) is 6.65. The second-order valence-corrected chi connectivity index (χ2v) is 12.8. The summed E-state index contributed by atoms with van der Waals surface area (Å²) in [5.41, 5.74) is 4.22. The van der Waals surface area contributed by atoms with Crippen molar-refractivity contribution in [2.45, 2.75) is 89.1 Å². The minimum Gasteiger partial charge on any atom is -0.368 e. The van der Waals surface area contributed by atoms with Crippen LogP contribution in [0.4, 0.5) is 13.2 Å². The van der Waals surface area contributed by atoms with Crippen LogP contribution in [0.15, 0.2) is 0 Å². The highest BCUT2D eigenvalue weighted by Crippen LogP contribution is 2.65. The van der Waals surface area contributed by atoms with Crippen LogP contribution in [0.25, 0.3) is 0 Å². The Morgan fingerprint density at radius 1 is 1.11 bits per heavy atom. The van der Waals surface area contributed by atoms with Crippen LogP contribution in [0.2, 0.25) is 0 Å². The maximum Gasteiger partial charge on any atom is 0.471 e. The first kappa shape index (κ1) is 26.7. The van der Waals surface area contributed by atoms with Gasteiger partial charge in [-0.2, -0.15) is 13.2 Å². The van der Waals surface area contributed by atoms with Crippen molar-refractivity contribution < 1.29 is 37.1 Å². The predicted molar refractivity (Wildman–Crippen MR) is 126 cm³/mol. The molecule has 0 radical (unpaired) electrons. The fraction of sp³-hybridized carbons (Fsp3) is 0.800. The van der Waals surface area contributed by atoms with Crippen LogP contribution in [0.5, 0.6) is 0 Å². The highest BCUT2D eigenvalue weighted by atomic mass is 19.4. The van der Waals surface area contributed by atoms with Crippen LogP contribution < -0.4 is 21.7 Å². The molecule has 0 aromatic rings. The number of halogens is 3. The Labute approximate surface area is 218 Å². The minimum atomic E-state index is -5.16. The summed E-state index contributed by atoms with van der Waals surface area (Å²) < 4.78 is 39.1. The van der Waals surface area contributed by atoms with Gasteiger partial charge in [-0.3, -0.25) is 24.0 Å². The standard InChI is InChI=1S/C25H34F3N5O5/c1-22(2)12-10-33(20(37)16(23(3)4-5-23)31-21(38)25(26,27)28)15(14(12)22)19(36)30-13(17(29)34)8-11-9-24(6-7-24)32-18(11)35/h11-16H,4-10H2,1-3H3,(H2,29,34)(H,30,36)(H,31,38)(H,32,35)/t11-,12+,13+,14+,15+,16?/m1/s1. The molecule has 5 rings (SSSR count). The predicted octanol–water partition coefficient (Wildman–Crippen LogP) is 0.346. The van der Waals surface area contributed by atoms with Crippen LogP contribution in [0.3, 0.4) is 0 Å². The first-order valence-corrected chi connectivity index (χ1v) is 13.1. The van der Waals surface area contributed by atoms with Crippen LogP contribution in [0, 0.1) is 28.6 Å². The van der Waals surface area contributed by atoms with E-state index in [9.17, 15) is 37.1 Å². The van der Waals surface area contributed by atoms with Gasteiger partial charge >= 0.3 is 12.1 Å². The lowest BCUT2D eigenvalue weighted by atomic mass is 9.93. The van der Waals surface area contributed by atoms with Gasteiger partial charge < -0.3 is 26.6 Å². The Kier molecular flexibility index (Phi) is 5.85. The Morgan fingerprint density at radius 2 is 1.74 bits per heavy atom. The zero-order valence-electron chi connectivity index (χ0n) is 21.6. The third-order valence-electron chi connectivity index (χ3n) is 9.71. The van der Waals surface area contributed by atoms with Crippen molar-refractivity contribution in [1.82, 2.24) is 20.9 Å². The van der Waals surface area contributed by atoms with E-state index in [2.05, 4.69) is 10.6 Å². The van der Waals surface area contributed by atoms with E-state index in [-0.39, 0.29) is 41.7 Å². The first-order valence-electron chi connectivity index (χ1n) is 13.1. The van der Waals surface area contributed by atoms with Gasteiger partial charge in [0.2, 0.25) is 23.6 Å². The van der Waals surface area contributed by atoms with E-state index in [1.807, 2.05) is 19.2 Å². The summed E-state index contributed by atoms with van der Waals surface area (Å²) in [5.74, 6) is -5.40. The summed E-state index contributed by atoms with van der Waals surface area (Å²) in [4.78, 5) is 64.9. The lowest BCUT2D eigenvalue weighted by Gasteiger charge is -2.35. The molecular formula is C25H34F3N5O5. The van der Waals surface area contributed by atoms with Crippen LogP contribution in [0.1, 0.15) is 59.3 Å². The molecule has 5 amide bonds. The number of fused-ring (bicyclic) bond motifs is 1. The molecule has 2 saturated heterocycles. The molecule has 2 heterocycles. The van der Waals surface area contributed by atoms with Crippen molar-refractivity contribution >= 4 is 29.5 Å². The summed E-state index contributed by atoms with van der Waals surface area (Å²) >= 11 is 0. The van der Waals surface area contributed by atoms with Crippen molar-refractivity contribution in [3.8, 4) is 0 Å². The maximum absolute atomic E-state index is 13.6. The Balaban J connectivity index is 1.33. The number of hydrogen-bond donors (Lipinski definition) is 4. The van der Waals surface area contributed by atoms with Crippen LogP contribution >= 0.6 is 0 Å². The van der Waals surface area contributed by atoms with Gasteiger partial charge in [0.15, 0.2) is 0 Å². The number of amides is 5. The second kappa shape index (κ2) is 8.32. The van der Waals surface area contributed by atoms with Crippen LogP contribution in [-0.4, -0.2) is 70.8 Å². The summed E-state index contributed by atoms with van der Waals surface area (Å²) in [6, 6.07) is -3.62. The van der Waals surface area contributed by atoms with E-state index in [1.54, 1.807) is 6.92 Å². The molecule has 10 nitrogen and oxygen atoms in total. The van der Waals surface area contributed by atoms with Crippen molar-refractivity contribution in [3.05, 3.63) is 0 Å². The molecule has 0 aromatic heterocycles. The number of piperidine rings is 1. The van der Waals surface area contributed by atoms with Crippen molar-refractivity contribution in [1.29, 1.82) is 0 Å². The highest BCUT2D eigenvalue weighted by molar-refractivity contribution is 5.96. The third kappa shape index (κ3) is 4.51. The molecule has 1 unspecified atom stereocenters. The first-order chi connectivity index (χ1) is 17.5. The zero-order chi connectivity index (χ0) is 28.0. The largest absolute Gasteiger partial charge is 0.471 e. The van der Waals surface area contributed by atoms with Crippen molar-refractivity contribution in [3.63, 3.8) is 0 Å². The van der Waals surface area contributed by atoms with Crippen LogP contribution in [-0.2, 0) is 24.0 Å². The number of nitrogens with one attached hydrogen (secondary N) is 3. The SMILES string of the molecule is CC1(C(NC(=O)C(F)(F)F)C(=O)N2C[C@H]3[C@@H]([C@H]2C(=O)N[C@@H](C[C@@H]2CC4(CC4)NC2=O)C(N)=O)C3(C)C)CC1. The summed E-state index contributed by atoms with van der Waals surface area (Å²) in [5, 5.41) is 7.44. The molecule has 2 aliphatic heterocycles. The summed E-state index contributed by atoms with van der Waals surface area (Å²) in [6.45, 7) is 5.67. The van der Waals surface area contributed by atoms with E-state index in [1.165, 1.54) is 4.90 Å². The van der Waals surface area contributed by atoms with E-state index in [4.69, 9.17) is 5.73 Å². The molecule has 13 heteroatoms. The van der Waals surface area contributed by atoms with Gasteiger partial charge in [-0.05, 0) is 61.2 Å². The molecule has 0 bridgehead atoms. The Morgan fingerprint density at radius 3 is 2.24 bits per heavy atom. The number of alkyl halides is 3. The molecule has 1 spiro atoms. The van der Waals surface area contributed by atoms with Gasteiger partial charge in [-0.15, -0.1) is 0 Å². The lowest BCUT2D eigenvalue weighted by molar-refractivity contribution is -0.176. The molecular weight excluding hydrogens is 507 g/mol. The van der Waals surface area contributed by atoms with Crippen molar-refractivity contribution in [2.24, 2.45) is 34.3 Å². The second-order valence-electron chi connectivity index (χ2n) is 12.8. The van der Waals surface area contributed by atoms with E-state index in [0.717, 1.165) is 12.8 Å². The van der Waals surface area contributed by atoms with E-state index in [0.29, 0.717) is 19.3 Å². The Hall–Kier alpha value is -2.86. The molecule has 5 aliphatic rings. The molecule has 6 atom stereocenters. The molecule has 5 fully saturated rings. The average Bonchev–Trinajstić information content (AvgIpc) is 3.73. The minimum absolute atomic E-state index is 0.0230. The smallest absolute Gasteiger partial charge is 0.368 e. The lowest BCUT2D eigenvalue weighted by Crippen LogP contribution is -2.60. The number of likely N-dealkylation sites (tertiary alicyclic amines) is 1. The zero-order valence-corrected chi connectivity index (χ0v) is 21.6. The number of rotatable bonds is 8. The molecule has 3 saturated carbocycles. The molecule has 0 aromatic carbocycles. The molecule has 3 aliphatic carbocycles. The Bertz CT molecular complexity index is 1100. The number of carbonyl (C=O) groups is 5. The van der Waals surface area contributed by atoms with Gasteiger partial charge in [0.05, 0.1) is 0 Å². The number of carbonyl (C=O) groups excluding carboxylic acids is 5. The normalized spacial score (nSPS) is 32.6. The maximum atomic E-state index is 13.6. The number of primary amides is 1.